The lowest BCUT2D eigenvalue weighted by molar-refractivity contribution is 0.428. The van der Waals surface area contributed by atoms with Gasteiger partial charge < -0.3 is 9.88 Å². The number of benzene rings is 2. The van der Waals surface area contributed by atoms with Crippen LogP contribution in [0.2, 0.25) is 0 Å². The first-order valence-electron chi connectivity index (χ1n) is 11.4. The van der Waals surface area contributed by atoms with Crippen LogP contribution in [-0.2, 0) is 6.42 Å². The van der Waals surface area contributed by atoms with Crippen molar-refractivity contribution in [3.05, 3.63) is 81.4 Å². The van der Waals surface area contributed by atoms with E-state index in [0.717, 1.165) is 53.8 Å². The zero-order chi connectivity index (χ0) is 21.7. The maximum absolute atomic E-state index is 13.4. The van der Waals surface area contributed by atoms with Crippen LogP contribution in [0.1, 0.15) is 60.3 Å². The van der Waals surface area contributed by atoms with Crippen LogP contribution >= 0.6 is 0 Å². The first-order chi connectivity index (χ1) is 15.7. The highest BCUT2D eigenvalue weighted by molar-refractivity contribution is 5.80. The van der Waals surface area contributed by atoms with Gasteiger partial charge in [-0.1, -0.05) is 42.7 Å². The van der Waals surface area contributed by atoms with Gasteiger partial charge in [-0.3, -0.25) is 4.79 Å². The Hall–Kier alpha value is -3.48. The minimum absolute atomic E-state index is 0.0864. The van der Waals surface area contributed by atoms with E-state index in [9.17, 15) is 4.79 Å². The second-order valence-electron chi connectivity index (χ2n) is 9.04. The largest absolute Gasteiger partial charge is 0.357 e. The molecule has 1 fully saturated rings. The van der Waals surface area contributed by atoms with Crippen molar-refractivity contribution in [2.24, 2.45) is 0 Å². The summed E-state index contributed by atoms with van der Waals surface area (Å²) in [6, 6.07) is 16.5. The molecule has 1 aliphatic carbocycles. The van der Waals surface area contributed by atoms with E-state index >= 15 is 0 Å². The van der Waals surface area contributed by atoms with Crippen molar-refractivity contribution in [1.29, 1.82) is 0 Å². The van der Waals surface area contributed by atoms with Crippen molar-refractivity contribution in [2.45, 2.75) is 51.1 Å². The average molecular weight is 427 g/mol. The lowest BCUT2D eigenvalue weighted by atomic mass is 10.0. The van der Waals surface area contributed by atoms with Crippen LogP contribution in [0.5, 0.6) is 0 Å². The highest BCUT2D eigenvalue weighted by atomic mass is 16.1. The van der Waals surface area contributed by atoms with Gasteiger partial charge in [-0.2, -0.15) is 0 Å². The third-order valence-corrected chi connectivity index (χ3v) is 6.99. The molecule has 6 rings (SSSR count). The predicted octanol–water partition coefficient (Wildman–Crippen LogP) is 4.09. The molecule has 7 heteroatoms. The van der Waals surface area contributed by atoms with E-state index in [1.807, 2.05) is 22.9 Å². The Labute approximate surface area is 186 Å². The van der Waals surface area contributed by atoms with E-state index in [0.29, 0.717) is 11.6 Å². The van der Waals surface area contributed by atoms with E-state index in [-0.39, 0.29) is 11.6 Å². The molecule has 1 aliphatic heterocycles. The smallest absolute Gasteiger partial charge is 0.254 e. The summed E-state index contributed by atoms with van der Waals surface area (Å²) in [5.41, 5.74) is 5.06. The zero-order valence-corrected chi connectivity index (χ0v) is 18.2. The average Bonchev–Trinajstić information content (AvgIpc) is 3.56. The molecular weight excluding hydrogens is 400 g/mol. The van der Waals surface area contributed by atoms with Gasteiger partial charge in [0, 0.05) is 23.3 Å². The molecular formula is C25H26N6O. The van der Waals surface area contributed by atoms with Gasteiger partial charge in [0.15, 0.2) is 5.82 Å². The molecule has 0 saturated heterocycles. The summed E-state index contributed by atoms with van der Waals surface area (Å²) in [6.45, 7) is 2.89. The van der Waals surface area contributed by atoms with E-state index in [1.165, 1.54) is 18.4 Å². The molecule has 2 aliphatic rings. The van der Waals surface area contributed by atoms with Crippen LogP contribution < -0.4 is 10.5 Å². The number of anilines is 1. The lowest BCUT2D eigenvalue weighted by Gasteiger charge is -2.30. The maximum atomic E-state index is 13.4. The number of para-hydroxylation sites is 1. The van der Waals surface area contributed by atoms with Crippen LogP contribution in [0, 0.1) is 6.92 Å². The molecule has 0 spiro atoms. The Kier molecular flexibility index (Phi) is 4.56. The monoisotopic (exact) mass is 426 g/mol. The highest BCUT2D eigenvalue weighted by Crippen LogP contribution is 2.39. The Bertz CT molecular complexity index is 1350. The minimum Gasteiger partial charge on any atom is -0.357 e. The van der Waals surface area contributed by atoms with Crippen molar-refractivity contribution < 1.29 is 0 Å². The van der Waals surface area contributed by atoms with Crippen molar-refractivity contribution in [3.8, 4) is 0 Å². The summed E-state index contributed by atoms with van der Waals surface area (Å²) in [4.78, 5) is 18.8. The Morgan fingerprint density at radius 1 is 1.09 bits per heavy atom. The summed E-state index contributed by atoms with van der Waals surface area (Å²) in [5, 5.41) is 14.0. The van der Waals surface area contributed by atoms with Gasteiger partial charge in [-0.15, -0.1) is 5.10 Å². The Balaban J connectivity index is 1.56. The van der Waals surface area contributed by atoms with E-state index in [2.05, 4.69) is 62.7 Å². The second kappa shape index (κ2) is 7.58. The topological polar surface area (TPSA) is 79.7 Å². The molecule has 1 atom stereocenters. The molecule has 0 unspecified atom stereocenters. The van der Waals surface area contributed by atoms with Crippen molar-refractivity contribution in [2.75, 3.05) is 11.4 Å². The summed E-state index contributed by atoms with van der Waals surface area (Å²) in [5.74, 6) is 0.756. The molecule has 3 heterocycles. The Morgan fingerprint density at radius 3 is 2.81 bits per heavy atom. The number of hydrogen-bond donors (Lipinski definition) is 1. The number of aryl methyl sites for hydroxylation is 1. The van der Waals surface area contributed by atoms with Crippen LogP contribution in [0.15, 0.2) is 53.3 Å². The fraction of sp³-hybridized carbons (Fsp3) is 0.360. The predicted molar refractivity (Wildman–Crippen MR) is 124 cm³/mol. The standard InChI is InChI=1S/C25H26N6O/c1-16-10-11-21-18(14-16)15-20(25(32)26-21)23(30-13-12-17-6-2-5-9-22(17)30)24-27-28-29-31(24)19-7-3-4-8-19/h2,5-6,9-11,14-15,19,23H,3-4,7-8,12-13H2,1H3,(H,26,32)/t23-/m1/s1. The molecule has 0 amide bonds. The highest BCUT2D eigenvalue weighted by Gasteiger charge is 2.35. The number of hydrogen-bond acceptors (Lipinski definition) is 5. The number of nitrogens with one attached hydrogen (secondary N) is 1. The lowest BCUT2D eigenvalue weighted by Crippen LogP contribution is -2.34. The number of aromatic amines is 1. The molecule has 32 heavy (non-hydrogen) atoms. The van der Waals surface area contributed by atoms with E-state index in [1.54, 1.807) is 0 Å². The van der Waals surface area contributed by atoms with E-state index in [4.69, 9.17) is 0 Å². The molecule has 1 saturated carbocycles. The van der Waals surface area contributed by atoms with Crippen LogP contribution in [0.4, 0.5) is 5.69 Å². The zero-order valence-electron chi connectivity index (χ0n) is 18.2. The van der Waals surface area contributed by atoms with Gasteiger partial charge in [0.2, 0.25) is 0 Å². The van der Waals surface area contributed by atoms with Crippen LogP contribution in [0.25, 0.3) is 10.9 Å². The van der Waals surface area contributed by atoms with Crippen molar-refractivity contribution >= 4 is 16.6 Å². The van der Waals surface area contributed by atoms with Gasteiger partial charge in [0.1, 0.15) is 6.04 Å². The van der Waals surface area contributed by atoms with Gasteiger partial charge in [0.25, 0.3) is 5.56 Å². The number of fused-ring (bicyclic) bond motifs is 2. The van der Waals surface area contributed by atoms with Crippen molar-refractivity contribution in [3.63, 3.8) is 0 Å². The van der Waals surface area contributed by atoms with Gasteiger partial charge >= 0.3 is 0 Å². The minimum atomic E-state index is -0.345. The van der Waals surface area contributed by atoms with E-state index < -0.39 is 0 Å². The molecule has 7 nitrogen and oxygen atoms in total. The molecule has 162 valence electrons. The van der Waals surface area contributed by atoms with Gasteiger partial charge in [0.05, 0.1) is 6.04 Å². The summed E-state index contributed by atoms with van der Waals surface area (Å²) < 4.78 is 1.98. The number of nitrogens with zero attached hydrogens (tertiary/aromatic N) is 5. The number of rotatable bonds is 4. The SMILES string of the molecule is Cc1ccc2[nH]c(=O)c([C@H](c3nnnn3C3CCCC3)N3CCc4ccccc43)cc2c1. The number of pyridine rings is 1. The molecule has 2 aromatic heterocycles. The molecule has 0 radical (unpaired) electrons. The van der Waals surface area contributed by atoms with Crippen LogP contribution in [-0.4, -0.2) is 31.7 Å². The van der Waals surface area contributed by atoms with Gasteiger partial charge in [-0.05, 0) is 71.8 Å². The number of aromatic nitrogens is 5. The fourth-order valence-electron chi connectivity index (χ4n) is 5.41. The first-order valence-corrected chi connectivity index (χ1v) is 11.4. The Morgan fingerprint density at radius 2 is 1.94 bits per heavy atom. The first kappa shape index (κ1) is 19.2. The number of tetrazole rings is 1. The number of H-pyrrole nitrogens is 1. The summed E-state index contributed by atoms with van der Waals surface area (Å²) in [6.07, 6.45) is 5.49. The molecule has 1 N–H and O–H groups in total. The fourth-order valence-corrected chi connectivity index (χ4v) is 5.41. The molecule has 0 bridgehead atoms. The quantitative estimate of drug-likeness (QED) is 0.532. The third kappa shape index (κ3) is 3.11. The summed E-state index contributed by atoms with van der Waals surface area (Å²) in [7, 11) is 0. The van der Waals surface area contributed by atoms with Gasteiger partial charge in [-0.25, -0.2) is 4.68 Å². The maximum Gasteiger partial charge on any atom is 0.254 e. The molecule has 2 aromatic carbocycles. The third-order valence-electron chi connectivity index (χ3n) is 6.99. The van der Waals surface area contributed by atoms with Crippen LogP contribution in [0.3, 0.4) is 0 Å². The summed E-state index contributed by atoms with van der Waals surface area (Å²) >= 11 is 0. The van der Waals surface area contributed by atoms with Crippen molar-refractivity contribution in [1.82, 2.24) is 25.2 Å². The molecule has 4 aromatic rings. The second-order valence-corrected chi connectivity index (χ2v) is 9.04. The normalized spacial score (nSPS) is 17.2.